The molecule has 0 spiro atoms. The van der Waals surface area contributed by atoms with Crippen LogP contribution in [-0.2, 0) is 0 Å². The zero-order valence-electron chi connectivity index (χ0n) is 6.52. The van der Waals surface area contributed by atoms with Crippen LogP contribution in [0.15, 0.2) is 4.99 Å². The predicted molar refractivity (Wildman–Crippen MR) is 49.0 cm³/mol. The molecule has 0 bridgehead atoms. The molecule has 0 aromatic carbocycles. The van der Waals surface area contributed by atoms with E-state index < -0.39 is 0 Å². The van der Waals surface area contributed by atoms with E-state index in [-0.39, 0.29) is 5.54 Å². The van der Waals surface area contributed by atoms with E-state index >= 15 is 0 Å². The van der Waals surface area contributed by atoms with E-state index in [1.54, 1.807) is 11.8 Å². The molecule has 1 aliphatic rings. The lowest BCUT2D eigenvalue weighted by Gasteiger charge is -2.31. The Labute approximate surface area is 71.2 Å². The number of rotatable bonds is 0. The molecule has 3 heteroatoms. The van der Waals surface area contributed by atoms with Gasteiger partial charge in [0, 0.05) is 5.75 Å². The first-order chi connectivity index (χ1) is 4.52. The summed E-state index contributed by atoms with van der Waals surface area (Å²) in [5, 5.41) is 0. The summed E-state index contributed by atoms with van der Waals surface area (Å²) in [6.07, 6.45) is 0. The minimum Gasteiger partial charge on any atom is -0.261 e. The molecule has 1 rings (SSSR count). The second-order valence-corrected chi connectivity index (χ2v) is 4.82. The van der Waals surface area contributed by atoms with Gasteiger partial charge in [-0.15, -0.1) is 0 Å². The summed E-state index contributed by atoms with van der Waals surface area (Å²) >= 11 is 7.42. The molecule has 0 radical (unpaired) electrons. The fraction of sp³-hybridized carbons (Fsp3) is 0.857. The van der Waals surface area contributed by atoms with E-state index in [1.165, 1.54) is 0 Å². The molecule has 0 aliphatic carbocycles. The topological polar surface area (TPSA) is 12.4 Å². The van der Waals surface area contributed by atoms with Gasteiger partial charge in [-0.25, -0.2) is 0 Å². The Hall–Kier alpha value is 0.310. The molecule has 0 amide bonds. The first kappa shape index (κ1) is 8.41. The van der Waals surface area contributed by atoms with Crippen molar-refractivity contribution in [3.8, 4) is 0 Å². The van der Waals surface area contributed by atoms with Crippen LogP contribution in [0, 0.1) is 5.92 Å². The van der Waals surface area contributed by atoms with Crippen LogP contribution in [0.3, 0.4) is 0 Å². The Morgan fingerprint density at radius 1 is 1.70 bits per heavy atom. The van der Waals surface area contributed by atoms with Gasteiger partial charge in [-0.3, -0.25) is 4.99 Å². The Kier molecular flexibility index (Phi) is 2.31. The average Bonchev–Trinajstić information content (AvgIpc) is 1.78. The van der Waals surface area contributed by atoms with Crippen molar-refractivity contribution in [3.05, 3.63) is 0 Å². The van der Waals surface area contributed by atoms with E-state index in [2.05, 4.69) is 25.8 Å². The van der Waals surface area contributed by atoms with E-state index in [0.717, 1.165) is 5.75 Å². The Morgan fingerprint density at radius 3 is 2.70 bits per heavy atom. The zero-order chi connectivity index (χ0) is 7.78. The molecular formula is C7H12ClNS. The molecule has 58 valence electrons. The fourth-order valence-corrected chi connectivity index (χ4v) is 2.27. The van der Waals surface area contributed by atoms with Gasteiger partial charge in [0.05, 0.1) is 5.54 Å². The molecule has 1 unspecified atom stereocenters. The fourth-order valence-electron chi connectivity index (χ4n) is 0.767. The van der Waals surface area contributed by atoms with Gasteiger partial charge in [-0.2, -0.15) is 0 Å². The molecule has 0 saturated carbocycles. The molecule has 0 saturated heterocycles. The predicted octanol–water partition coefficient (Wildman–Crippen LogP) is 2.74. The highest BCUT2D eigenvalue weighted by molar-refractivity contribution is 8.16. The molecule has 1 heterocycles. The second kappa shape index (κ2) is 2.74. The van der Waals surface area contributed by atoms with Crippen molar-refractivity contribution in [2.45, 2.75) is 26.3 Å². The number of nitrogens with zero attached hydrogens (tertiary/aromatic N) is 1. The molecule has 1 nitrogen and oxygen atoms in total. The molecule has 1 aliphatic heterocycles. The van der Waals surface area contributed by atoms with Crippen LogP contribution in [0.1, 0.15) is 20.8 Å². The molecule has 0 aromatic rings. The van der Waals surface area contributed by atoms with Gasteiger partial charge >= 0.3 is 0 Å². The summed E-state index contributed by atoms with van der Waals surface area (Å²) in [5.74, 6) is 1.72. The minimum absolute atomic E-state index is 0.0440. The van der Waals surface area contributed by atoms with Crippen molar-refractivity contribution >= 4 is 27.9 Å². The Bertz CT molecular complexity index is 165. The van der Waals surface area contributed by atoms with Gasteiger partial charge in [-0.05, 0) is 19.8 Å². The lowest BCUT2D eigenvalue weighted by molar-refractivity contribution is 0.381. The van der Waals surface area contributed by atoms with Crippen LogP contribution in [0.2, 0.25) is 0 Å². The summed E-state index contributed by atoms with van der Waals surface area (Å²) in [5.41, 5.74) is 0.0440. The largest absolute Gasteiger partial charge is 0.261 e. The highest BCUT2D eigenvalue weighted by atomic mass is 35.5. The highest BCUT2D eigenvalue weighted by Crippen LogP contribution is 2.32. The van der Waals surface area contributed by atoms with Crippen molar-refractivity contribution in [1.82, 2.24) is 0 Å². The maximum Gasteiger partial charge on any atom is 0.158 e. The summed E-state index contributed by atoms with van der Waals surface area (Å²) in [7, 11) is 0. The highest BCUT2D eigenvalue weighted by Gasteiger charge is 2.29. The van der Waals surface area contributed by atoms with E-state index in [0.29, 0.717) is 10.4 Å². The first-order valence-electron chi connectivity index (χ1n) is 3.40. The Balaban J connectivity index is 2.79. The minimum atomic E-state index is 0.0440. The van der Waals surface area contributed by atoms with E-state index in [1.807, 2.05) is 0 Å². The smallest absolute Gasteiger partial charge is 0.158 e. The van der Waals surface area contributed by atoms with Crippen molar-refractivity contribution in [3.63, 3.8) is 0 Å². The summed E-state index contributed by atoms with van der Waals surface area (Å²) in [4.78, 5) is 4.34. The molecular weight excluding hydrogens is 166 g/mol. The maximum absolute atomic E-state index is 5.78. The van der Waals surface area contributed by atoms with E-state index in [4.69, 9.17) is 11.6 Å². The van der Waals surface area contributed by atoms with Gasteiger partial charge in [0.1, 0.15) is 0 Å². The van der Waals surface area contributed by atoms with Crippen molar-refractivity contribution < 1.29 is 0 Å². The van der Waals surface area contributed by atoms with Gasteiger partial charge in [0.25, 0.3) is 0 Å². The average molecular weight is 178 g/mol. The van der Waals surface area contributed by atoms with Crippen LogP contribution in [0.5, 0.6) is 0 Å². The number of halogens is 1. The molecule has 1 atom stereocenters. The molecule has 0 N–H and O–H groups in total. The Morgan fingerprint density at radius 2 is 2.30 bits per heavy atom. The van der Waals surface area contributed by atoms with Crippen molar-refractivity contribution in [1.29, 1.82) is 0 Å². The number of hydrogen-bond acceptors (Lipinski definition) is 2. The number of thioether (sulfide) groups is 1. The zero-order valence-corrected chi connectivity index (χ0v) is 8.09. The normalized spacial score (nSPS) is 31.6. The van der Waals surface area contributed by atoms with Crippen molar-refractivity contribution in [2.24, 2.45) is 10.9 Å². The summed E-state index contributed by atoms with van der Waals surface area (Å²) < 4.78 is 0.711. The second-order valence-electron chi connectivity index (χ2n) is 3.23. The van der Waals surface area contributed by atoms with Gasteiger partial charge in [-0.1, -0.05) is 30.3 Å². The van der Waals surface area contributed by atoms with E-state index in [9.17, 15) is 0 Å². The summed E-state index contributed by atoms with van der Waals surface area (Å²) in [6, 6.07) is 0. The van der Waals surface area contributed by atoms with Crippen LogP contribution in [0.25, 0.3) is 0 Å². The monoisotopic (exact) mass is 177 g/mol. The van der Waals surface area contributed by atoms with Crippen LogP contribution in [0.4, 0.5) is 0 Å². The van der Waals surface area contributed by atoms with Crippen molar-refractivity contribution in [2.75, 3.05) is 5.75 Å². The quantitative estimate of drug-likeness (QED) is 0.555. The molecule has 0 fully saturated rings. The molecule has 0 aromatic heterocycles. The standard InChI is InChI=1S/C7H12ClNS/c1-5-4-10-6(8)9-7(5,2)3/h5H,4H2,1-3H3. The van der Waals surface area contributed by atoms with Gasteiger partial charge in [0.15, 0.2) is 4.50 Å². The third-order valence-electron chi connectivity index (χ3n) is 2.03. The lowest BCUT2D eigenvalue weighted by atomic mass is 9.91. The third-order valence-corrected chi connectivity index (χ3v) is 3.44. The maximum atomic E-state index is 5.78. The first-order valence-corrected chi connectivity index (χ1v) is 4.77. The van der Waals surface area contributed by atoms with Crippen LogP contribution >= 0.6 is 23.4 Å². The summed E-state index contributed by atoms with van der Waals surface area (Å²) in [6.45, 7) is 6.46. The lowest BCUT2D eigenvalue weighted by Crippen LogP contribution is -2.32. The molecule has 10 heavy (non-hydrogen) atoms. The number of aliphatic imine (C=N–C) groups is 1. The van der Waals surface area contributed by atoms with Crippen LogP contribution < -0.4 is 0 Å². The SMILES string of the molecule is CC1CSC(Cl)=NC1(C)C. The van der Waals surface area contributed by atoms with Crippen LogP contribution in [-0.4, -0.2) is 15.8 Å². The van der Waals surface area contributed by atoms with Gasteiger partial charge in [0.2, 0.25) is 0 Å². The van der Waals surface area contributed by atoms with Gasteiger partial charge < -0.3 is 0 Å². The third kappa shape index (κ3) is 1.67. The number of hydrogen-bond donors (Lipinski definition) is 0.